The Morgan fingerprint density at radius 2 is 2.21 bits per heavy atom. The summed E-state index contributed by atoms with van der Waals surface area (Å²) in [6, 6.07) is 11.1. The molecule has 0 bridgehead atoms. The number of aromatic nitrogens is 3. The third-order valence-corrected chi connectivity index (χ3v) is 5.07. The van der Waals surface area contributed by atoms with Crippen LogP contribution in [0.3, 0.4) is 0 Å². The summed E-state index contributed by atoms with van der Waals surface area (Å²) >= 11 is 13.0. The molecule has 2 heterocycles. The number of nitrogens with one attached hydrogen (secondary N) is 2. The first kappa shape index (κ1) is 16.9. The van der Waals surface area contributed by atoms with Gasteiger partial charge in [-0.15, -0.1) is 11.3 Å². The smallest absolute Gasteiger partial charge is 0.240 e. The standard InChI is InChI=1S/C16H15ClN4OS2/c1-10(11-5-2-3-6-12(11)17)18-14(22)9-21-15(19-20-16(21)23)13-7-4-8-24-13/h2-8,10H,9H2,1H3,(H,18,22)(H,20,23). The molecule has 0 radical (unpaired) electrons. The monoisotopic (exact) mass is 378 g/mol. The molecule has 0 aliphatic rings. The van der Waals surface area contributed by atoms with Crippen LogP contribution >= 0.6 is 35.2 Å². The number of hydrogen-bond donors (Lipinski definition) is 2. The average Bonchev–Trinajstić information content (AvgIpc) is 3.18. The summed E-state index contributed by atoms with van der Waals surface area (Å²) in [6.07, 6.45) is 0. The van der Waals surface area contributed by atoms with Crippen LogP contribution in [0.2, 0.25) is 5.02 Å². The van der Waals surface area contributed by atoms with Crippen molar-refractivity contribution in [2.75, 3.05) is 0 Å². The maximum absolute atomic E-state index is 12.4. The summed E-state index contributed by atoms with van der Waals surface area (Å²) in [5, 5.41) is 12.5. The van der Waals surface area contributed by atoms with E-state index in [9.17, 15) is 4.79 Å². The molecular weight excluding hydrogens is 364 g/mol. The van der Waals surface area contributed by atoms with Crippen LogP contribution in [0.1, 0.15) is 18.5 Å². The molecule has 1 aromatic carbocycles. The molecule has 1 amide bonds. The van der Waals surface area contributed by atoms with Gasteiger partial charge in [0.2, 0.25) is 5.91 Å². The fourth-order valence-corrected chi connectivity index (χ4v) is 3.61. The highest BCUT2D eigenvalue weighted by molar-refractivity contribution is 7.71. The van der Waals surface area contributed by atoms with Gasteiger partial charge in [0.25, 0.3) is 0 Å². The average molecular weight is 379 g/mol. The lowest BCUT2D eigenvalue weighted by molar-refractivity contribution is -0.122. The Balaban J connectivity index is 1.76. The van der Waals surface area contributed by atoms with E-state index in [2.05, 4.69) is 15.5 Å². The lowest BCUT2D eigenvalue weighted by atomic mass is 10.1. The van der Waals surface area contributed by atoms with Crippen molar-refractivity contribution < 1.29 is 4.79 Å². The minimum absolute atomic E-state index is 0.0946. The van der Waals surface area contributed by atoms with Gasteiger partial charge in [-0.2, -0.15) is 5.10 Å². The fourth-order valence-electron chi connectivity index (χ4n) is 2.39. The van der Waals surface area contributed by atoms with Crippen molar-refractivity contribution >= 4 is 41.1 Å². The number of carbonyl (C=O) groups is 1. The van der Waals surface area contributed by atoms with Crippen molar-refractivity contribution in [3.05, 3.63) is 57.1 Å². The Morgan fingerprint density at radius 3 is 2.92 bits per heavy atom. The normalized spacial score (nSPS) is 12.1. The maximum Gasteiger partial charge on any atom is 0.240 e. The van der Waals surface area contributed by atoms with Gasteiger partial charge >= 0.3 is 0 Å². The SMILES string of the molecule is CC(NC(=O)Cn1c(-c2cccs2)n[nH]c1=S)c1ccccc1Cl. The highest BCUT2D eigenvalue weighted by Gasteiger charge is 2.16. The van der Waals surface area contributed by atoms with Crippen molar-refractivity contribution in [1.82, 2.24) is 20.1 Å². The van der Waals surface area contributed by atoms with Crippen LogP contribution in [0.5, 0.6) is 0 Å². The van der Waals surface area contributed by atoms with Crippen LogP contribution in [-0.2, 0) is 11.3 Å². The number of benzene rings is 1. The molecular formula is C16H15ClN4OS2. The first-order valence-electron chi connectivity index (χ1n) is 7.29. The molecule has 8 heteroatoms. The number of thiophene rings is 1. The Hall–Kier alpha value is -1.96. The van der Waals surface area contributed by atoms with Crippen molar-refractivity contribution in [3.8, 4) is 10.7 Å². The predicted molar refractivity (Wildman–Crippen MR) is 98.7 cm³/mol. The molecule has 2 N–H and O–H groups in total. The molecule has 0 saturated heterocycles. The second-order valence-electron chi connectivity index (χ2n) is 5.23. The molecule has 0 fully saturated rings. The lowest BCUT2D eigenvalue weighted by Crippen LogP contribution is -2.30. The number of halogens is 1. The lowest BCUT2D eigenvalue weighted by Gasteiger charge is -2.16. The van der Waals surface area contributed by atoms with E-state index >= 15 is 0 Å². The number of H-pyrrole nitrogens is 1. The number of carbonyl (C=O) groups excluding carboxylic acids is 1. The topological polar surface area (TPSA) is 62.7 Å². The molecule has 3 aromatic rings. The first-order valence-corrected chi connectivity index (χ1v) is 8.95. The summed E-state index contributed by atoms with van der Waals surface area (Å²) in [7, 11) is 0. The van der Waals surface area contributed by atoms with Crippen LogP contribution in [0.4, 0.5) is 0 Å². The molecule has 1 unspecified atom stereocenters. The van der Waals surface area contributed by atoms with Crippen LogP contribution < -0.4 is 5.32 Å². The van der Waals surface area contributed by atoms with Crippen molar-refractivity contribution in [2.45, 2.75) is 19.5 Å². The van der Waals surface area contributed by atoms with E-state index < -0.39 is 0 Å². The summed E-state index contributed by atoms with van der Waals surface area (Å²) in [5.74, 6) is 0.508. The predicted octanol–water partition coefficient (Wildman–Crippen LogP) is 4.20. The minimum Gasteiger partial charge on any atom is -0.348 e. The Labute approximate surface area is 153 Å². The number of aromatic amines is 1. The third-order valence-electron chi connectivity index (χ3n) is 3.55. The molecule has 2 aromatic heterocycles. The molecule has 1 atom stereocenters. The first-order chi connectivity index (χ1) is 11.6. The molecule has 0 spiro atoms. The van der Waals surface area contributed by atoms with Gasteiger partial charge < -0.3 is 5.32 Å². The van der Waals surface area contributed by atoms with E-state index in [1.807, 2.05) is 42.6 Å². The number of rotatable bonds is 5. The highest BCUT2D eigenvalue weighted by Crippen LogP contribution is 2.24. The molecule has 24 heavy (non-hydrogen) atoms. The van der Waals surface area contributed by atoms with Gasteiger partial charge in [0.05, 0.1) is 10.9 Å². The van der Waals surface area contributed by atoms with Crippen LogP contribution in [0, 0.1) is 4.77 Å². The van der Waals surface area contributed by atoms with Gasteiger partial charge in [0.15, 0.2) is 10.6 Å². The van der Waals surface area contributed by atoms with E-state index in [0.29, 0.717) is 15.6 Å². The zero-order valence-electron chi connectivity index (χ0n) is 12.8. The largest absolute Gasteiger partial charge is 0.348 e. The van der Waals surface area contributed by atoms with Crippen molar-refractivity contribution in [1.29, 1.82) is 0 Å². The summed E-state index contributed by atoms with van der Waals surface area (Å²) in [5.41, 5.74) is 0.877. The van der Waals surface area contributed by atoms with Gasteiger partial charge in [-0.1, -0.05) is 35.9 Å². The number of amides is 1. The van der Waals surface area contributed by atoms with E-state index in [1.54, 1.807) is 22.0 Å². The second-order valence-corrected chi connectivity index (χ2v) is 6.97. The summed E-state index contributed by atoms with van der Waals surface area (Å²) in [4.78, 5) is 13.4. The Bertz CT molecular complexity index is 901. The van der Waals surface area contributed by atoms with Gasteiger partial charge in [-0.3, -0.25) is 14.5 Å². The number of nitrogens with zero attached hydrogens (tertiary/aromatic N) is 2. The van der Waals surface area contributed by atoms with Gasteiger partial charge in [0, 0.05) is 5.02 Å². The molecule has 0 aliphatic carbocycles. The third kappa shape index (κ3) is 3.58. The van der Waals surface area contributed by atoms with Gasteiger partial charge in [-0.25, -0.2) is 0 Å². The number of hydrogen-bond acceptors (Lipinski definition) is 4. The van der Waals surface area contributed by atoms with E-state index in [0.717, 1.165) is 10.4 Å². The summed E-state index contributed by atoms with van der Waals surface area (Å²) in [6.45, 7) is 1.99. The molecule has 5 nitrogen and oxygen atoms in total. The Morgan fingerprint density at radius 1 is 1.42 bits per heavy atom. The minimum atomic E-state index is -0.197. The fraction of sp³-hybridized carbons (Fsp3) is 0.188. The molecule has 0 saturated carbocycles. The van der Waals surface area contributed by atoms with Crippen LogP contribution in [-0.4, -0.2) is 20.7 Å². The van der Waals surface area contributed by atoms with Crippen LogP contribution in [0.25, 0.3) is 10.7 Å². The van der Waals surface area contributed by atoms with Crippen molar-refractivity contribution in [2.24, 2.45) is 0 Å². The summed E-state index contributed by atoms with van der Waals surface area (Å²) < 4.78 is 2.11. The highest BCUT2D eigenvalue weighted by atomic mass is 35.5. The Kier molecular flexibility index (Phi) is 5.13. The zero-order valence-corrected chi connectivity index (χ0v) is 15.2. The van der Waals surface area contributed by atoms with E-state index in [-0.39, 0.29) is 18.5 Å². The van der Waals surface area contributed by atoms with E-state index in [1.165, 1.54) is 0 Å². The van der Waals surface area contributed by atoms with Crippen molar-refractivity contribution in [3.63, 3.8) is 0 Å². The van der Waals surface area contributed by atoms with Gasteiger partial charge in [-0.05, 0) is 42.2 Å². The van der Waals surface area contributed by atoms with Gasteiger partial charge in [0.1, 0.15) is 6.54 Å². The quantitative estimate of drug-likeness (QED) is 0.654. The maximum atomic E-state index is 12.4. The second kappa shape index (κ2) is 7.29. The van der Waals surface area contributed by atoms with E-state index in [4.69, 9.17) is 23.8 Å². The molecule has 124 valence electrons. The zero-order chi connectivity index (χ0) is 17.1. The molecule has 3 rings (SSSR count). The molecule has 0 aliphatic heterocycles. The van der Waals surface area contributed by atoms with Crippen LogP contribution in [0.15, 0.2) is 41.8 Å².